The van der Waals surface area contributed by atoms with Crippen molar-refractivity contribution < 1.29 is 10.2 Å². The molecule has 0 aliphatic rings. The van der Waals surface area contributed by atoms with Gasteiger partial charge in [-0.2, -0.15) is 0 Å². The predicted molar refractivity (Wildman–Crippen MR) is 102 cm³/mol. The van der Waals surface area contributed by atoms with Crippen LogP contribution >= 0.6 is 24.8 Å². The number of hydrogen-bond donors (Lipinski definition) is 4. The quantitative estimate of drug-likeness (QED) is 0.561. The minimum absolute atomic E-state index is 0. The monoisotopic (exact) mass is 372 g/mol. The summed E-state index contributed by atoms with van der Waals surface area (Å²) >= 11 is 0. The average Bonchev–Trinajstić information content (AvgIpc) is 2.54. The minimum atomic E-state index is -1.16. The van der Waals surface area contributed by atoms with Gasteiger partial charge >= 0.3 is 0 Å². The molecule has 0 heterocycles. The molecule has 2 atom stereocenters. The van der Waals surface area contributed by atoms with Gasteiger partial charge in [0.2, 0.25) is 0 Å². The Bertz CT molecular complexity index is 568. The van der Waals surface area contributed by atoms with Crippen LogP contribution < -0.4 is 11.5 Å². The van der Waals surface area contributed by atoms with E-state index in [2.05, 4.69) is 0 Å². The Morgan fingerprint density at radius 1 is 0.792 bits per heavy atom. The zero-order valence-electron chi connectivity index (χ0n) is 13.4. The van der Waals surface area contributed by atoms with Crippen molar-refractivity contribution in [2.45, 2.75) is 37.1 Å². The van der Waals surface area contributed by atoms with Crippen LogP contribution in [0.1, 0.15) is 24.0 Å². The molecule has 2 aromatic rings. The van der Waals surface area contributed by atoms with Crippen molar-refractivity contribution in [3.05, 3.63) is 71.8 Å². The van der Waals surface area contributed by atoms with Gasteiger partial charge in [-0.1, -0.05) is 60.7 Å². The molecule has 0 aliphatic heterocycles. The van der Waals surface area contributed by atoms with Crippen LogP contribution in [-0.4, -0.2) is 22.4 Å². The molecule has 0 saturated heterocycles. The number of halogens is 2. The second-order valence-corrected chi connectivity index (χ2v) is 5.77. The van der Waals surface area contributed by atoms with E-state index in [9.17, 15) is 10.2 Å². The third-order valence-corrected chi connectivity index (χ3v) is 3.87. The lowest BCUT2D eigenvalue weighted by atomic mass is 9.91. The standard InChI is InChI=1S/C18H24N2O2.2ClH/c19-18(20,15-9-5-2-6-10-15)13-17(22)16(21)12-11-14-7-3-1-4-8-14;;/h1-10,16-17,21-22H,11-13,19-20H2;2*1H. The van der Waals surface area contributed by atoms with E-state index in [1.165, 1.54) is 0 Å². The summed E-state index contributed by atoms with van der Waals surface area (Å²) in [6.45, 7) is 0. The molecule has 0 aromatic heterocycles. The molecule has 0 fully saturated rings. The molecule has 6 heteroatoms. The Morgan fingerprint density at radius 3 is 1.83 bits per heavy atom. The molecule has 0 saturated carbocycles. The number of aryl methyl sites for hydroxylation is 1. The molecule has 0 amide bonds. The lowest BCUT2D eigenvalue weighted by molar-refractivity contribution is -0.00296. The van der Waals surface area contributed by atoms with Crippen LogP contribution in [0.3, 0.4) is 0 Å². The maximum Gasteiger partial charge on any atom is 0.0925 e. The third-order valence-electron chi connectivity index (χ3n) is 3.87. The van der Waals surface area contributed by atoms with Crippen LogP contribution in [0.4, 0.5) is 0 Å². The topological polar surface area (TPSA) is 92.5 Å². The second kappa shape index (κ2) is 10.7. The first kappa shape index (κ1) is 22.9. The Hall–Kier alpha value is -1.14. The summed E-state index contributed by atoms with van der Waals surface area (Å²) in [6.07, 6.45) is -0.537. The molecule has 2 rings (SSSR count). The molecule has 4 nitrogen and oxygen atoms in total. The molecular weight excluding hydrogens is 347 g/mol. The minimum Gasteiger partial charge on any atom is -0.390 e. The van der Waals surface area contributed by atoms with Crippen LogP contribution in [0, 0.1) is 0 Å². The molecule has 134 valence electrons. The largest absolute Gasteiger partial charge is 0.390 e. The summed E-state index contributed by atoms with van der Waals surface area (Å²) in [5.41, 5.74) is 12.9. The smallest absolute Gasteiger partial charge is 0.0925 e. The maximum absolute atomic E-state index is 10.2. The fourth-order valence-corrected chi connectivity index (χ4v) is 2.50. The van der Waals surface area contributed by atoms with Crippen LogP contribution in [0.2, 0.25) is 0 Å². The number of nitrogens with two attached hydrogens (primary N) is 2. The van der Waals surface area contributed by atoms with Gasteiger partial charge in [0.25, 0.3) is 0 Å². The first-order chi connectivity index (χ1) is 10.5. The molecule has 0 radical (unpaired) electrons. The van der Waals surface area contributed by atoms with E-state index in [1.807, 2.05) is 60.7 Å². The lowest BCUT2D eigenvalue weighted by Crippen LogP contribution is -2.50. The fourth-order valence-electron chi connectivity index (χ4n) is 2.50. The van der Waals surface area contributed by atoms with Gasteiger partial charge in [0.1, 0.15) is 0 Å². The zero-order chi connectivity index (χ0) is 16.0. The van der Waals surface area contributed by atoms with Crippen LogP contribution in [0.25, 0.3) is 0 Å². The van der Waals surface area contributed by atoms with Gasteiger partial charge in [0.05, 0.1) is 17.9 Å². The molecule has 0 spiro atoms. The molecule has 2 aromatic carbocycles. The summed E-state index contributed by atoms with van der Waals surface area (Å²) in [7, 11) is 0. The van der Waals surface area contributed by atoms with E-state index in [0.717, 1.165) is 11.1 Å². The van der Waals surface area contributed by atoms with Crippen LogP contribution in [0.15, 0.2) is 60.7 Å². The summed E-state index contributed by atoms with van der Waals surface area (Å²) in [5, 5.41) is 20.3. The Morgan fingerprint density at radius 2 is 1.29 bits per heavy atom. The maximum atomic E-state index is 10.2. The third kappa shape index (κ3) is 6.77. The lowest BCUT2D eigenvalue weighted by Gasteiger charge is -2.29. The van der Waals surface area contributed by atoms with Crippen molar-refractivity contribution in [1.82, 2.24) is 0 Å². The van der Waals surface area contributed by atoms with Gasteiger partial charge in [-0.3, -0.25) is 0 Å². The van der Waals surface area contributed by atoms with Crippen LogP contribution in [-0.2, 0) is 12.1 Å². The second-order valence-electron chi connectivity index (χ2n) is 5.77. The molecule has 2 unspecified atom stereocenters. The number of aliphatic hydroxyl groups is 2. The van der Waals surface area contributed by atoms with Crippen molar-refractivity contribution in [1.29, 1.82) is 0 Å². The van der Waals surface area contributed by atoms with Gasteiger partial charge < -0.3 is 21.7 Å². The molecule has 24 heavy (non-hydrogen) atoms. The highest BCUT2D eigenvalue weighted by Gasteiger charge is 2.28. The molecule has 6 N–H and O–H groups in total. The van der Waals surface area contributed by atoms with Gasteiger partial charge in [0.15, 0.2) is 0 Å². The van der Waals surface area contributed by atoms with Crippen molar-refractivity contribution in [2.24, 2.45) is 11.5 Å². The van der Waals surface area contributed by atoms with E-state index in [0.29, 0.717) is 12.8 Å². The van der Waals surface area contributed by atoms with Gasteiger partial charge in [-0.15, -0.1) is 24.8 Å². The van der Waals surface area contributed by atoms with E-state index >= 15 is 0 Å². The van der Waals surface area contributed by atoms with Crippen molar-refractivity contribution in [3.8, 4) is 0 Å². The van der Waals surface area contributed by atoms with E-state index in [-0.39, 0.29) is 31.2 Å². The van der Waals surface area contributed by atoms with Gasteiger partial charge in [0, 0.05) is 6.42 Å². The number of benzene rings is 2. The molecular formula is C18H26Cl2N2O2. The summed E-state index contributed by atoms with van der Waals surface area (Å²) in [5.74, 6) is 0. The van der Waals surface area contributed by atoms with E-state index in [4.69, 9.17) is 11.5 Å². The fraction of sp³-hybridized carbons (Fsp3) is 0.333. The average molecular weight is 373 g/mol. The molecule has 0 bridgehead atoms. The van der Waals surface area contributed by atoms with Gasteiger partial charge in [-0.05, 0) is 24.0 Å². The number of rotatable bonds is 7. The first-order valence-electron chi connectivity index (χ1n) is 7.52. The molecule has 0 aliphatic carbocycles. The Labute approximate surface area is 155 Å². The van der Waals surface area contributed by atoms with Crippen molar-refractivity contribution >= 4 is 24.8 Å². The first-order valence-corrected chi connectivity index (χ1v) is 7.52. The Kier molecular flexibility index (Phi) is 10.2. The zero-order valence-corrected chi connectivity index (χ0v) is 15.0. The highest BCUT2D eigenvalue weighted by Crippen LogP contribution is 2.20. The number of hydrogen-bond acceptors (Lipinski definition) is 4. The van der Waals surface area contributed by atoms with Gasteiger partial charge in [-0.25, -0.2) is 0 Å². The normalized spacial score (nSPS) is 13.3. The predicted octanol–water partition coefficient (Wildman–Crippen LogP) is 2.35. The highest BCUT2D eigenvalue weighted by molar-refractivity contribution is 5.85. The summed E-state index contributed by atoms with van der Waals surface area (Å²) in [4.78, 5) is 0. The number of aliphatic hydroxyl groups excluding tert-OH is 2. The van der Waals surface area contributed by atoms with E-state index in [1.54, 1.807) is 0 Å². The van der Waals surface area contributed by atoms with E-state index < -0.39 is 17.9 Å². The van der Waals surface area contributed by atoms with Crippen molar-refractivity contribution in [3.63, 3.8) is 0 Å². The van der Waals surface area contributed by atoms with Crippen LogP contribution in [0.5, 0.6) is 0 Å². The highest BCUT2D eigenvalue weighted by atomic mass is 35.5. The Balaban J connectivity index is 0.00000264. The van der Waals surface area contributed by atoms with Crippen molar-refractivity contribution in [2.75, 3.05) is 0 Å². The SMILES string of the molecule is Cl.Cl.NC(N)(CC(O)C(O)CCc1ccccc1)c1ccccc1. The summed E-state index contributed by atoms with van der Waals surface area (Å²) in [6, 6.07) is 19.1. The summed E-state index contributed by atoms with van der Waals surface area (Å²) < 4.78 is 0.